The summed E-state index contributed by atoms with van der Waals surface area (Å²) in [6, 6.07) is 17.7. The highest BCUT2D eigenvalue weighted by Gasteiger charge is 2.32. The fourth-order valence-corrected chi connectivity index (χ4v) is 5.74. The van der Waals surface area contributed by atoms with Gasteiger partial charge in [0.05, 0.1) is 6.04 Å². The maximum atomic E-state index is 13.8. The van der Waals surface area contributed by atoms with Crippen LogP contribution in [0.2, 0.25) is 5.02 Å². The Morgan fingerprint density at radius 2 is 1.82 bits per heavy atom. The molecule has 0 radical (unpaired) electrons. The number of rotatable bonds is 11. The van der Waals surface area contributed by atoms with Crippen molar-refractivity contribution >= 4 is 29.5 Å². The van der Waals surface area contributed by atoms with Crippen molar-refractivity contribution < 1.29 is 9.59 Å². The number of amides is 2. The summed E-state index contributed by atoms with van der Waals surface area (Å²) in [6.07, 6.45) is 9.70. The standard InChI is InChI=1S/C32H43ClN4O2/c1-2-26(27-9-5-3-6-10-27)24-37-22-17-29(23-34-31(38)16-13-25-11-14-28(33)15-12-25)35-30(32(37)39)18-21-36-19-7-4-8-20-36/h3,5-6,9-16,26,29-30,35H,2,4,7-8,17-24H2,1H3,(H,34,38)/t26-,29-,30-/m0/s1. The van der Waals surface area contributed by atoms with Crippen LogP contribution in [0.3, 0.4) is 0 Å². The van der Waals surface area contributed by atoms with Crippen LogP contribution in [0.5, 0.6) is 0 Å². The molecule has 2 N–H and O–H groups in total. The second-order valence-corrected chi connectivity index (χ2v) is 11.3. The highest BCUT2D eigenvalue weighted by molar-refractivity contribution is 6.30. The summed E-state index contributed by atoms with van der Waals surface area (Å²) < 4.78 is 0. The fourth-order valence-electron chi connectivity index (χ4n) is 5.62. The molecular weight excluding hydrogens is 508 g/mol. The molecule has 0 spiro atoms. The number of hydrogen-bond donors (Lipinski definition) is 2. The van der Waals surface area contributed by atoms with Crippen LogP contribution in [0.1, 0.15) is 62.5 Å². The molecule has 6 nitrogen and oxygen atoms in total. The minimum atomic E-state index is -0.241. The molecular formula is C32H43ClN4O2. The monoisotopic (exact) mass is 550 g/mol. The second kappa shape index (κ2) is 15.2. The zero-order valence-corrected chi connectivity index (χ0v) is 23.9. The number of carbonyl (C=O) groups excluding carboxylic acids is 2. The number of benzene rings is 2. The van der Waals surface area contributed by atoms with Gasteiger partial charge in [-0.25, -0.2) is 0 Å². The average Bonchev–Trinajstić information content (AvgIpc) is 3.12. The lowest BCUT2D eigenvalue weighted by atomic mass is 9.95. The number of carbonyl (C=O) groups is 2. The van der Waals surface area contributed by atoms with Crippen LogP contribution in [0.15, 0.2) is 60.7 Å². The smallest absolute Gasteiger partial charge is 0.244 e. The third-order valence-corrected chi connectivity index (χ3v) is 8.25. The number of likely N-dealkylation sites (tertiary alicyclic amines) is 1. The summed E-state index contributed by atoms with van der Waals surface area (Å²) in [5, 5.41) is 7.34. The molecule has 2 fully saturated rings. The zero-order chi connectivity index (χ0) is 27.5. The molecule has 0 bridgehead atoms. The van der Waals surface area contributed by atoms with Gasteiger partial charge in [0.2, 0.25) is 11.8 Å². The van der Waals surface area contributed by atoms with E-state index >= 15 is 0 Å². The summed E-state index contributed by atoms with van der Waals surface area (Å²) in [5.41, 5.74) is 2.20. The van der Waals surface area contributed by atoms with E-state index in [0.29, 0.717) is 24.0 Å². The number of nitrogens with zero attached hydrogens (tertiary/aromatic N) is 2. The quantitative estimate of drug-likeness (QED) is 0.382. The van der Waals surface area contributed by atoms with E-state index in [0.717, 1.165) is 51.0 Å². The Kier molecular flexibility index (Phi) is 11.4. The van der Waals surface area contributed by atoms with E-state index < -0.39 is 0 Å². The zero-order valence-electron chi connectivity index (χ0n) is 23.2. The van der Waals surface area contributed by atoms with Gasteiger partial charge in [-0.15, -0.1) is 0 Å². The number of piperidine rings is 1. The normalized spacial score (nSPS) is 21.6. The lowest BCUT2D eigenvalue weighted by molar-refractivity contribution is -0.133. The van der Waals surface area contributed by atoms with Gasteiger partial charge >= 0.3 is 0 Å². The molecule has 2 aromatic carbocycles. The first-order valence-corrected chi connectivity index (χ1v) is 14.9. The van der Waals surface area contributed by atoms with Gasteiger partial charge in [-0.2, -0.15) is 0 Å². The van der Waals surface area contributed by atoms with Crippen LogP contribution < -0.4 is 10.6 Å². The van der Waals surface area contributed by atoms with Crippen LogP contribution in [-0.4, -0.2) is 73.0 Å². The van der Waals surface area contributed by atoms with Crippen LogP contribution in [-0.2, 0) is 9.59 Å². The molecule has 2 aliphatic heterocycles. The molecule has 4 rings (SSSR count). The Morgan fingerprint density at radius 1 is 1.08 bits per heavy atom. The van der Waals surface area contributed by atoms with E-state index in [2.05, 4.69) is 51.6 Å². The first-order valence-electron chi connectivity index (χ1n) is 14.6. The van der Waals surface area contributed by atoms with Crippen LogP contribution in [0.25, 0.3) is 6.08 Å². The molecule has 2 saturated heterocycles. The van der Waals surface area contributed by atoms with Gasteiger partial charge < -0.3 is 20.4 Å². The summed E-state index contributed by atoms with van der Waals surface area (Å²) in [7, 11) is 0. The van der Waals surface area contributed by atoms with Crippen molar-refractivity contribution in [2.75, 3.05) is 39.3 Å². The van der Waals surface area contributed by atoms with Gasteiger partial charge in [0, 0.05) is 49.2 Å². The molecule has 0 aliphatic carbocycles. The van der Waals surface area contributed by atoms with Crippen molar-refractivity contribution in [3.05, 3.63) is 76.8 Å². The first-order chi connectivity index (χ1) is 19.0. The topological polar surface area (TPSA) is 64.7 Å². The van der Waals surface area contributed by atoms with E-state index in [1.165, 1.54) is 24.8 Å². The molecule has 3 atom stereocenters. The highest BCUT2D eigenvalue weighted by Crippen LogP contribution is 2.23. The third kappa shape index (κ3) is 9.20. The lowest BCUT2D eigenvalue weighted by Gasteiger charge is -2.31. The molecule has 39 heavy (non-hydrogen) atoms. The minimum Gasteiger partial charge on any atom is -0.351 e. The highest BCUT2D eigenvalue weighted by atomic mass is 35.5. The maximum absolute atomic E-state index is 13.8. The molecule has 2 amide bonds. The average molecular weight is 551 g/mol. The van der Waals surface area contributed by atoms with Crippen molar-refractivity contribution in [3.8, 4) is 0 Å². The van der Waals surface area contributed by atoms with E-state index in [9.17, 15) is 9.59 Å². The van der Waals surface area contributed by atoms with Crippen molar-refractivity contribution in [2.24, 2.45) is 0 Å². The van der Waals surface area contributed by atoms with E-state index in [1.807, 2.05) is 30.3 Å². The van der Waals surface area contributed by atoms with E-state index in [-0.39, 0.29) is 23.9 Å². The van der Waals surface area contributed by atoms with Gasteiger partial charge in [-0.1, -0.05) is 67.4 Å². The number of nitrogens with one attached hydrogen (secondary N) is 2. The van der Waals surface area contributed by atoms with Gasteiger partial charge in [0.15, 0.2) is 0 Å². The third-order valence-electron chi connectivity index (χ3n) is 8.00. The predicted molar refractivity (Wildman–Crippen MR) is 160 cm³/mol. The van der Waals surface area contributed by atoms with Crippen molar-refractivity contribution in [1.82, 2.24) is 20.4 Å². The predicted octanol–water partition coefficient (Wildman–Crippen LogP) is 5.10. The summed E-state index contributed by atoms with van der Waals surface area (Å²) >= 11 is 5.95. The Morgan fingerprint density at radius 3 is 2.54 bits per heavy atom. The first kappa shape index (κ1) is 29.3. The number of halogens is 1. The second-order valence-electron chi connectivity index (χ2n) is 10.8. The molecule has 0 unspecified atom stereocenters. The maximum Gasteiger partial charge on any atom is 0.244 e. The summed E-state index contributed by atoms with van der Waals surface area (Å²) in [6.45, 7) is 7.27. The van der Waals surface area contributed by atoms with Gasteiger partial charge in [-0.3, -0.25) is 9.59 Å². The molecule has 0 aromatic heterocycles. The Hall–Kier alpha value is -2.67. The molecule has 0 saturated carbocycles. The molecule has 7 heteroatoms. The SMILES string of the molecule is CC[C@@H](CN1CC[C@@H](CNC(=O)C=Cc2ccc(Cl)cc2)N[C@@H](CCN2CCCCC2)C1=O)c1ccccc1. The largest absolute Gasteiger partial charge is 0.351 e. The fraction of sp³-hybridized carbons (Fsp3) is 0.500. The van der Waals surface area contributed by atoms with Gasteiger partial charge in [0.25, 0.3) is 0 Å². The van der Waals surface area contributed by atoms with E-state index in [1.54, 1.807) is 12.2 Å². The van der Waals surface area contributed by atoms with Crippen LogP contribution in [0.4, 0.5) is 0 Å². The van der Waals surface area contributed by atoms with Crippen molar-refractivity contribution in [3.63, 3.8) is 0 Å². The van der Waals surface area contributed by atoms with Crippen LogP contribution in [0, 0.1) is 0 Å². The molecule has 2 aliphatic rings. The molecule has 2 aromatic rings. The van der Waals surface area contributed by atoms with Gasteiger partial charge in [-0.05, 0) is 74.5 Å². The summed E-state index contributed by atoms with van der Waals surface area (Å²) in [5.74, 6) is 0.365. The van der Waals surface area contributed by atoms with Crippen molar-refractivity contribution in [2.45, 2.75) is 63.5 Å². The lowest BCUT2D eigenvalue weighted by Crippen LogP contribution is -2.50. The Balaban J connectivity index is 1.38. The Labute approximate surface area is 238 Å². The van der Waals surface area contributed by atoms with Crippen LogP contribution >= 0.6 is 11.6 Å². The Bertz CT molecular complexity index is 1070. The molecule has 2 heterocycles. The number of hydrogen-bond acceptors (Lipinski definition) is 4. The van der Waals surface area contributed by atoms with Gasteiger partial charge in [0.1, 0.15) is 0 Å². The molecule has 210 valence electrons. The minimum absolute atomic E-state index is 0.0370. The van der Waals surface area contributed by atoms with Crippen molar-refractivity contribution in [1.29, 1.82) is 0 Å². The van der Waals surface area contributed by atoms with E-state index in [4.69, 9.17) is 11.6 Å². The summed E-state index contributed by atoms with van der Waals surface area (Å²) in [4.78, 5) is 30.9.